The van der Waals surface area contributed by atoms with E-state index >= 15 is 0 Å². The minimum absolute atomic E-state index is 0.356. The van der Waals surface area contributed by atoms with Crippen LogP contribution in [0.5, 0.6) is 0 Å². The Bertz CT molecular complexity index is 763. The van der Waals surface area contributed by atoms with Gasteiger partial charge in [0.2, 0.25) is 0 Å². The molecule has 0 aromatic heterocycles. The van der Waals surface area contributed by atoms with Crippen LogP contribution in [0.15, 0.2) is 58.3 Å². The summed E-state index contributed by atoms with van der Waals surface area (Å²) in [6.45, 7) is 0. The lowest BCUT2D eigenvalue weighted by molar-refractivity contribution is 1.38. The van der Waals surface area contributed by atoms with Gasteiger partial charge in [0.05, 0.1) is 0 Å². The summed E-state index contributed by atoms with van der Waals surface area (Å²) in [4.78, 5) is 1.73. The SMILES string of the molecule is N#CSc1ccc(NC(=S)NC(=S)Nc2ccc(SC#N)cc2)cc1. The maximum atomic E-state index is 8.63. The number of nitriles is 2. The zero-order valence-corrected chi connectivity index (χ0v) is 15.9. The number of rotatable bonds is 4. The molecule has 0 aliphatic carbocycles. The zero-order chi connectivity index (χ0) is 18.1. The van der Waals surface area contributed by atoms with Crippen molar-refractivity contribution in [3.05, 3.63) is 48.5 Å². The van der Waals surface area contributed by atoms with Crippen molar-refractivity contribution in [2.75, 3.05) is 10.6 Å². The normalized spacial score (nSPS) is 9.36. The average Bonchev–Trinajstić information content (AvgIpc) is 2.59. The van der Waals surface area contributed by atoms with Crippen molar-refractivity contribution in [3.63, 3.8) is 0 Å². The van der Waals surface area contributed by atoms with Gasteiger partial charge in [-0.2, -0.15) is 10.5 Å². The first-order chi connectivity index (χ1) is 12.1. The minimum atomic E-state index is 0.356. The van der Waals surface area contributed by atoms with Crippen molar-refractivity contribution in [2.45, 2.75) is 9.79 Å². The molecule has 0 radical (unpaired) electrons. The molecule has 0 aliphatic heterocycles. The number of hydrogen-bond donors (Lipinski definition) is 3. The van der Waals surface area contributed by atoms with E-state index in [1.807, 2.05) is 59.3 Å². The Morgan fingerprint density at radius 3 is 1.40 bits per heavy atom. The molecule has 2 aromatic carbocycles. The van der Waals surface area contributed by atoms with Gasteiger partial charge in [-0.05, 0) is 96.5 Å². The van der Waals surface area contributed by atoms with Crippen molar-refractivity contribution >= 4 is 69.6 Å². The lowest BCUT2D eigenvalue weighted by atomic mass is 10.3. The smallest absolute Gasteiger partial charge is 0.177 e. The van der Waals surface area contributed by atoms with E-state index in [0.29, 0.717) is 10.2 Å². The number of nitrogens with zero attached hydrogens (tertiary/aromatic N) is 2. The molecular formula is C16H11N5S4. The monoisotopic (exact) mass is 401 g/mol. The summed E-state index contributed by atoms with van der Waals surface area (Å²) in [6.07, 6.45) is 0. The van der Waals surface area contributed by atoms with E-state index in [1.54, 1.807) is 0 Å². The van der Waals surface area contributed by atoms with Gasteiger partial charge >= 0.3 is 0 Å². The molecule has 0 unspecified atom stereocenters. The van der Waals surface area contributed by atoms with E-state index in [1.165, 1.54) is 0 Å². The van der Waals surface area contributed by atoms with Crippen LogP contribution in [0.4, 0.5) is 11.4 Å². The summed E-state index contributed by atoms with van der Waals surface area (Å²) in [5.74, 6) is 0. The molecule has 2 rings (SSSR count). The fraction of sp³-hybridized carbons (Fsp3) is 0. The van der Waals surface area contributed by atoms with Crippen LogP contribution in [-0.4, -0.2) is 10.2 Å². The Morgan fingerprint density at radius 1 is 0.720 bits per heavy atom. The third kappa shape index (κ3) is 6.61. The fourth-order valence-corrected chi connectivity index (χ4v) is 3.01. The van der Waals surface area contributed by atoms with E-state index in [0.717, 1.165) is 44.7 Å². The molecule has 0 aliphatic rings. The summed E-state index contributed by atoms with van der Waals surface area (Å²) in [5.41, 5.74) is 1.58. The zero-order valence-electron chi connectivity index (χ0n) is 12.6. The van der Waals surface area contributed by atoms with E-state index in [2.05, 4.69) is 16.0 Å². The van der Waals surface area contributed by atoms with Crippen LogP contribution in [0.25, 0.3) is 0 Å². The van der Waals surface area contributed by atoms with Crippen molar-refractivity contribution in [2.24, 2.45) is 0 Å². The van der Waals surface area contributed by atoms with E-state index < -0.39 is 0 Å². The number of hydrogen-bond acceptors (Lipinski definition) is 6. The Hall–Kier alpha value is -2.30. The molecule has 0 saturated carbocycles. The second kappa shape index (κ2) is 9.87. The van der Waals surface area contributed by atoms with Gasteiger partial charge < -0.3 is 16.0 Å². The molecule has 0 fully saturated rings. The Balaban J connectivity index is 1.84. The first-order valence-electron chi connectivity index (χ1n) is 6.81. The van der Waals surface area contributed by atoms with Crippen LogP contribution < -0.4 is 16.0 Å². The second-order valence-electron chi connectivity index (χ2n) is 4.47. The summed E-state index contributed by atoms with van der Waals surface area (Å²) in [7, 11) is 0. The van der Waals surface area contributed by atoms with Crippen molar-refractivity contribution in [1.82, 2.24) is 5.32 Å². The maximum Gasteiger partial charge on any atom is 0.177 e. The number of thioether (sulfide) groups is 2. The van der Waals surface area contributed by atoms with Gasteiger partial charge in [-0.1, -0.05) is 0 Å². The summed E-state index contributed by atoms with van der Waals surface area (Å²) < 4.78 is 0. The van der Waals surface area contributed by atoms with Crippen LogP contribution >= 0.6 is 48.0 Å². The number of nitrogens with one attached hydrogen (secondary N) is 3. The molecule has 0 saturated heterocycles. The third-order valence-corrected chi connectivity index (χ3v) is 4.38. The molecule has 0 heterocycles. The summed E-state index contributed by atoms with van der Waals surface area (Å²) >= 11 is 12.6. The van der Waals surface area contributed by atoms with Crippen LogP contribution in [0.3, 0.4) is 0 Å². The van der Waals surface area contributed by atoms with E-state index in [9.17, 15) is 0 Å². The highest BCUT2D eigenvalue weighted by Crippen LogP contribution is 2.20. The Kier molecular flexibility index (Phi) is 7.51. The quantitative estimate of drug-likeness (QED) is 0.389. The molecule has 3 N–H and O–H groups in total. The van der Waals surface area contributed by atoms with Gasteiger partial charge in [0.15, 0.2) is 10.2 Å². The van der Waals surface area contributed by atoms with Crippen LogP contribution in [0.2, 0.25) is 0 Å². The van der Waals surface area contributed by atoms with Crippen LogP contribution in [-0.2, 0) is 0 Å². The third-order valence-electron chi connectivity index (χ3n) is 2.78. The molecule has 0 atom stereocenters. The van der Waals surface area contributed by atoms with Crippen LogP contribution in [0, 0.1) is 21.3 Å². The molecular weight excluding hydrogens is 390 g/mol. The second-order valence-corrected chi connectivity index (χ2v) is 7.00. The Labute approximate surface area is 164 Å². The maximum absolute atomic E-state index is 8.63. The van der Waals surface area contributed by atoms with Gasteiger partial charge in [-0.15, -0.1) is 0 Å². The largest absolute Gasteiger partial charge is 0.332 e. The van der Waals surface area contributed by atoms with E-state index in [4.69, 9.17) is 35.0 Å². The lowest BCUT2D eigenvalue weighted by Crippen LogP contribution is -2.37. The molecule has 25 heavy (non-hydrogen) atoms. The van der Waals surface area contributed by atoms with Gasteiger partial charge in [0.25, 0.3) is 0 Å². The molecule has 0 amide bonds. The van der Waals surface area contributed by atoms with Gasteiger partial charge in [0.1, 0.15) is 10.8 Å². The predicted octanol–water partition coefficient (Wildman–Crippen LogP) is 4.52. The number of benzene rings is 2. The molecule has 2 aromatic rings. The summed E-state index contributed by atoms with van der Waals surface area (Å²) in [6, 6.07) is 14.6. The molecule has 9 heteroatoms. The molecule has 5 nitrogen and oxygen atoms in total. The highest BCUT2D eigenvalue weighted by Gasteiger charge is 2.03. The van der Waals surface area contributed by atoms with Gasteiger partial charge in [-0.3, -0.25) is 0 Å². The van der Waals surface area contributed by atoms with Crippen molar-refractivity contribution < 1.29 is 0 Å². The predicted molar refractivity (Wildman–Crippen MR) is 111 cm³/mol. The average molecular weight is 402 g/mol. The van der Waals surface area contributed by atoms with Gasteiger partial charge in [-0.25, -0.2) is 0 Å². The summed E-state index contributed by atoms with van der Waals surface area (Å²) in [5, 5.41) is 30.9. The minimum Gasteiger partial charge on any atom is -0.332 e. The number of anilines is 2. The molecule has 124 valence electrons. The first kappa shape index (κ1) is 19.0. The van der Waals surface area contributed by atoms with E-state index in [-0.39, 0.29) is 0 Å². The lowest BCUT2D eigenvalue weighted by Gasteiger charge is -2.13. The highest BCUT2D eigenvalue weighted by atomic mass is 32.2. The fourth-order valence-electron chi connectivity index (χ4n) is 1.75. The standard InChI is InChI=1S/C16H11N5S4/c17-9-24-13-5-1-11(2-6-13)19-15(22)21-16(23)20-12-3-7-14(8-4-12)25-10-18/h1-8H,(H3,19,20,21,22,23). The van der Waals surface area contributed by atoms with Gasteiger partial charge in [0, 0.05) is 21.2 Å². The number of thiocyanates is 2. The van der Waals surface area contributed by atoms with Crippen LogP contribution in [0.1, 0.15) is 0 Å². The Morgan fingerprint density at radius 2 is 1.08 bits per heavy atom. The molecule has 0 bridgehead atoms. The van der Waals surface area contributed by atoms with Crippen molar-refractivity contribution in [3.8, 4) is 10.8 Å². The first-order valence-corrected chi connectivity index (χ1v) is 9.26. The highest BCUT2D eigenvalue weighted by molar-refractivity contribution is 8.04. The van der Waals surface area contributed by atoms with Crippen molar-refractivity contribution in [1.29, 1.82) is 10.5 Å². The molecule has 0 spiro atoms. The number of thiocarbonyl (C=S) groups is 2. The topological polar surface area (TPSA) is 83.7 Å².